The molecular weight excluding hydrogens is 180 g/mol. The van der Waals surface area contributed by atoms with Gasteiger partial charge in [0, 0.05) is 20.0 Å². The molecule has 2 rings (SSSR count). The average Bonchev–Trinajstić information content (AvgIpc) is 2.87. The minimum Gasteiger partial charge on any atom is -0.478 e. The molecular formula is C10H14N2O2. The molecule has 0 aliphatic heterocycles. The minimum absolute atomic E-state index is 0.0260. The minimum atomic E-state index is -0.0260. The van der Waals surface area contributed by atoms with E-state index < -0.39 is 0 Å². The SMILES string of the molecule is CC(=O)c1cc(OCC2CC2)n(C)n1. The molecule has 1 aliphatic carbocycles. The first kappa shape index (κ1) is 9.24. The van der Waals surface area contributed by atoms with Crippen molar-refractivity contribution in [2.45, 2.75) is 19.8 Å². The maximum atomic E-state index is 11.0. The van der Waals surface area contributed by atoms with Crippen molar-refractivity contribution < 1.29 is 9.53 Å². The lowest BCUT2D eigenvalue weighted by molar-refractivity contribution is 0.101. The summed E-state index contributed by atoms with van der Waals surface area (Å²) in [6.45, 7) is 2.25. The van der Waals surface area contributed by atoms with Crippen LogP contribution < -0.4 is 4.74 Å². The molecule has 4 heteroatoms. The van der Waals surface area contributed by atoms with Crippen molar-refractivity contribution in [3.05, 3.63) is 11.8 Å². The van der Waals surface area contributed by atoms with Gasteiger partial charge < -0.3 is 4.74 Å². The summed E-state index contributed by atoms with van der Waals surface area (Å²) in [5.41, 5.74) is 0.471. The van der Waals surface area contributed by atoms with Crippen LogP contribution in [0.5, 0.6) is 5.88 Å². The van der Waals surface area contributed by atoms with Gasteiger partial charge in [-0.3, -0.25) is 4.79 Å². The zero-order valence-corrected chi connectivity index (χ0v) is 8.49. The molecule has 1 aliphatic rings. The van der Waals surface area contributed by atoms with Gasteiger partial charge in [-0.1, -0.05) is 0 Å². The first-order valence-corrected chi connectivity index (χ1v) is 4.84. The number of carbonyl (C=O) groups is 1. The van der Waals surface area contributed by atoms with E-state index in [0.29, 0.717) is 17.5 Å². The number of hydrogen-bond donors (Lipinski definition) is 0. The van der Waals surface area contributed by atoms with Gasteiger partial charge in [-0.25, -0.2) is 4.68 Å². The number of aromatic nitrogens is 2. The van der Waals surface area contributed by atoms with Crippen molar-refractivity contribution in [3.63, 3.8) is 0 Å². The highest BCUT2D eigenvalue weighted by atomic mass is 16.5. The molecule has 0 amide bonds. The van der Waals surface area contributed by atoms with Gasteiger partial charge in [-0.05, 0) is 18.8 Å². The standard InChI is InChI=1S/C10H14N2O2/c1-7(13)9-5-10(12(2)11-9)14-6-8-3-4-8/h5,8H,3-4,6H2,1-2H3. The van der Waals surface area contributed by atoms with Gasteiger partial charge in [0.1, 0.15) is 5.69 Å². The van der Waals surface area contributed by atoms with Gasteiger partial charge in [0.05, 0.1) is 6.61 Å². The summed E-state index contributed by atoms with van der Waals surface area (Å²) in [6.07, 6.45) is 2.52. The molecule has 0 N–H and O–H groups in total. The quantitative estimate of drug-likeness (QED) is 0.681. The lowest BCUT2D eigenvalue weighted by Crippen LogP contribution is -2.03. The van der Waals surface area contributed by atoms with Crippen molar-refractivity contribution >= 4 is 5.78 Å². The number of ketones is 1. The Hall–Kier alpha value is -1.32. The maximum absolute atomic E-state index is 11.0. The van der Waals surface area contributed by atoms with Gasteiger partial charge in [0.25, 0.3) is 0 Å². The molecule has 1 heterocycles. The first-order chi connectivity index (χ1) is 6.66. The van der Waals surface area contributed by atoms with Crippen molar-refractivity contribution in [2.24, 2.45) is 13.0 Å². The predicted molar refractivity (Wildman–Crippen MR) is 51.4 cm³/mol. The van der Waals surface area contributed by atoms with E-state index in [1.165, 1.54) is 19.8 Å². The van der Waals surface area contributed by atoms with E-state index in [4.69, 9.17) is 4.74 Å². The largest absolute Gasteiger partial charge is 0.478 e. The van der Waals surface area contributed by atoms with Gasteiger partial charge in [0.2, 0.25) is 5.88 Å². The third-order valence-corrected chi connectivity index (χ3v) is 2.36. The Balaban J connectivity index is 2.03. The highest BCUT2D eigenvalue weighted by molar-refractivity contribution is 5.92. The second-order valence-electron chi connectivity index (χ2n) is 3.80. The smallest absolute Gasteiger partial charge is 0.212 e. The fraction of sp³-hybridized carbons (Fsp3) is 0.600. The first-order valence-electron chi connectivity index (χ1n) is 4.84. The number of nitrogens with zero attached hydrogens (tertiary/aromatic N) is 2. The number of carbonyl (C=O) groups excluding carboxylic acids is 1. The molecule has 14 heavy (non-hydrogen) atoms. The van der Waals surface area contributed by atoms with Gasteiger partial charge in [0.15, 0.2) is 5.78 Å². The number of rotatable bonds is 4. The van der Waals surface area contributed by atoms with Gasteiger partial charge in [-0.2, -0.15) is 5.10 Å². The molecule has 1 aromatic rings. The number of Topliss-reactive ketones (excluding diaryl/α,β-unsaturated/α-hetero) is 1. The summed E-state index contributed by atoms with van der Waals surface area (Å²) in [5, 5.41) is 4.05. The topological polar surface area (TPSA) is 44.1 Å². The normalized spacial score (nSPS) is 15.6. The van der Waals surface area contributed by atoms with E-state index in [1.54, 1.807) is 17.8 Å². The second kappa shape index (κ2) is 3.44. The van der Waals surface area contributed by atoms with Gasteiger partial charge >= 0.3 is 0 Å². The van der Waals surface area contributed by atoms with E-state index >= 15 is 0 Å². The van der Waals surface area contributed by atoms with E-state index in [9.17, 15) is 4.79 Å². The summed E-state index contributed by atoms with van der Waals surface area (Å²) in [7, 11) is 1.79. The lowest BCUT2D eigenvalue weighted by Gasteiger charge is -2.03. The number of aryl methyl sites for hydroxylation is 1. The van der Waals surface area contributed by atoms with Crippen molar-refractivity contribution in [1.82, 2.24) is 9.78 Å². The fourth-order valence-electron chi connectivity index (χ4n) is 1.25. The van der Waals surface area contributed by atoms with E-state index in [0.717, 1.165) is 6.61 Å². The summed E-state index contributed by atoms with van der Waals surface area (Å²) in [5.74, 6) is 1.37. The zero-order valence-electron chi connectivity index (χ0n) is 8.49. The molecule has 0 radical (unpaired) electrons. The van der Waals surface area contributed by atoms with Crippen LogP contribution in [-0.2, 0) is 7.05 Å². The molecule has 0 aromatic carbocycles. The molecule has 4 nitrogen and oxygen atoms in total. The molecule has 1 saturated carbocycles. The number of hydrogen-bond acceptors (Lipinski definition) is 3. The Bertz CT molecular complexity index is 353. The average molecular weight is 194 g/mol. The van der Waals surface area contributed by atoms with Crippen LogP contribution in [0.25, 0.3) is 0 Å². The summed E-state index contributed by atoms with van der Waals surface area (Å²) < 4.78 is 7.15. The summed E-state index contributed by atoms with van der Waals surface area (Å²) >= 11 is 0. The van der Waals surface area contributed by atoms with E-state index in [-0.39, 0.29) is 5.78 Å². The Morgan fingerprint density at radius 1 is 1.71 bits per heavy atom. The van der Waals surface area contributed by atoms with Crippen LogP contribution in [0, 0.1) is 5.92 Å². The summed E-state index contributed by atoms with van der Waals surface area (Å²) in [4.78, 5) is 11.0. The van der Waals surface area contributed by atoms with Gasteiger partial charge in [-0.15, -0.1) is 0 Å². The van der Waals surface area contributed by atoms with Crippen LogP contribution in [0.1, 0.15) is 30.3 Å². The number of ether oxygens (including phenoxy) is 1. The highest BCUT2D eigenvalue weighted by Crippen LogP contribution is 2.29. The predicted octanol–water partition coefficient (Wildman–Crippen LogP) is 1.41. The third kappa shape index (κ3) is 1.95. The monoisotopic (exact) mass is 194 g/mol. The Labute approximate surface area is 82.9 Å². The third-order valence-electron chi connectivity index (χ3n) is 2.36. The van der Waals surface area contributed by atoms with Crippen LogP contribution >= 0.6 is 0 Å². The van der Waals surface area contributed by atoms with Crippen LogP contribution in [0.4, 0.5) is 0 Å². The van der Waals surface area contributed by atoms with Crippen LogP contribution in [0.15, 0.2) is 6.07 Å². The molecule has 0 bridgehead atoms. The van der Waals surface area contributed by atoms with E-state index in [2.05, 4.69) is 5.10 Å². The fourth-order valence-corrected chi connectivity index (χ4v) is 1.25. The molecule has 76 valence electrons. The molecule has 0 atom stereocenters. The molecule has 0 saturated heterocycles. The molecule has 1 fully saturated rings. The van der Waals surface area contributed by atoms with E-state index in [1.807, 2.05) is 0 Å². The molecule has 1 aromatic heterocycles. The summed E-state index contributed by atoms with van der Waals surface area (Å²) in [6, 6.07) is 1.70. The lowest BCUT2D eigenvalue weighted by atomic mass is 10.3. The Morgan fingerprint density at radius 2 is 2.43 bits per heavy atom. The van der Waals surface area contributed by atoms with Crippen molar-refractivity contribution in [2.75, 3.05) is 6.61 Å². The maximum Gasteiger partial charge on any atom is 0.212 e. The zero-order chi connectivity index (χ0) is 10.1. The Morgan fingerprint density at radius 3 is 2.93 bits per heavy atom. The van der Waals surface area contributed by atoms with Crippen LogP contribution in [-0.4, -0.2) is 22.2 Å². The van der Waals surface area contributed by atoms with Crippen LogP contribution in [0.2, 0.25) is 0 Å². The van der Waals surface area contributed by atoms with Crippen LogP contribution in [0.3, 0.4) is 0 Å². The van der Waals surface area contributed by atoms with Crippen molar-refractivity contribution in [1.29, 1.82) is 0 Å². The Kier molecular flexibility index (Phi) is 2.27. The molecule has 0 unspecified atom stereocenters. The molecule has 0 spiro atoms. The second-order valence-corrected chi connectivity index (χ2v) is 3.80. The van der Waals surface area contributed by atoms with Crippen molar-refractivity contribution in [3.8, 4) is 5.88 Å². The highest BCUT2D eigenvalue weighted by Gasteiger charge is 2.22.